The third-order valence-electron chi connectivity index (χ3n) is 7.52. The molecule has 2 aliphatic heterocycles. The molecule has 2 aliphatic rings. The fourth-order valence-corrected chi connectivity index (χ4v) is 5.57. The van der Waals surface area contributed by atoms with E-state index in [0.29, 0.717) is 19.1 Å². The summed E-state index contributed by atoms with van der Waals surface area (Å²) in [4.78, 5) is 30.0. The van der Waals surface area contributed by atoms with Crippen LogP contribution < -0.4 is 10.1 Å². The van der Waals surface area contributed by atoms with Crippen molar-refractivity contribution in [1.29, 1.82) is 0 Å². The zero-order valence-corrected chi connectivity index (χ0v) is 24.0. The number of rotatable bonds is 9. The Morgan fingerprint density at radius 2 is 1.70 bits per heavy atom. The first kappa shape index (κ1) is 29.3. The highest BCUT2D eigenvalue weighted by Gasteiger charge is 2.47. The third-order valence-corrected chi connectivity index (χ3v) is 8.05. The van der Waals surface area contributed by atoms with Crippen LogP contribution in [-0.4, -0.2) is 61.7 Å². The number of likely N-dealkylation sites (tertiary alicyclic amines) is 2. The van der Waals surface area contributed by atoms with Crippen molar-refractivity contribution in [3.63, 3.8) is 0 Å². The van der Waals surface area contributed by atoms with E-state index in [9.17, 15) is 9.59 Å². The fourth-order valence-electron chi connectivity index (χ4n) is 5.31. The summed E-state index contributed by atoms with van der Waals surface area (Å²) in [5.74, 6) is 1.09. The standard InChI is InChI=1S/C28H36BrN3O4.ClH/c1-3-36-27(34)30-25(22-6-10-24(35-2)11-7-22)12-16-31-17-13-28(14-18-31)15-19-32(26(28)33)20-21-4-8-23(29)9-5-21;/h4-11,25H,3,12-20H2,1-2H3,(H,30,34);1H. The van der Waals surface area contributed by atoms with Crippen LogP contribution in [0.25, 0.3) is 0 Å². The predicted octanol–water partition coefficient (Wildman–Crippen LogP) is 5.57. The summed E-state index contributed by atoms with van der Waals surface area (Å²) in [5.41, 5.74) is 1.97. The van der Waals surface area contributed by atoms with Gasteiger partial charge in [0.15, 0.2) is 0 Å². The SMILES string of the molecule is CCOC(=O)NC(CCN1CCC2(CC1)CCN(Cc1ccc(Br)cc1)C2=O)c1ccc(OC)cc1.Cl. The fraction of sp³-hybridized carbons (Fsp3) is 0.500. The highest BCUT2D eigenvalue weighted by atomic mass is 79.9. The van der Waals surface area contributed by atoms with Gasteiger partial charge in [0, 0.05) is 24.1 Å². The number of benzene rings is 2. The lowest BCUT2D eigenvalue weighted by Crippen LogP contribution is -2.45. The Balaban J connectivity index is 0.00000380. The maximum atomic E-state index is 13.4. The van der Waals surface area contributed by atoms with Crippen molar-refractivity contribution in [3.8, 4) is 5.75 Å². The van der Waals surface area contributed by atoms with Gasteiger partial charge in [0.1, 0.15) is 5.75 Å². The molecule has 1 spiro atoms. The van der Waals surface area contributed by atoms with Gasteiger partial charge in [-0.15, -0.1) is 12.4 Å². The molecule has 0 bridgehead atoms. The van der Waals surface area contributed by atoms with Crippen molar-refractivity contribution in [2.24, 2.45) is 5.41 Å². The van der Waals surface area contributed by atoms with Crippen LogP contribution >= 0.6 is 28.3 Å². The molecule has 1 atom stereocenters. The van der Waals surface area contributed by atoms with E-state index in [4.69, 9.17) is 9.47 Å². The number of ether oxygens (including phenoxy) is 2. The summed E-state index contributed by atoms with van der Waals surface area (Å²) in [6, 6.07) is 15.8. The molecule has 2 aromatic carbocycles. The minimum atomic E-state index is -0.404. The van der Waals surface area contributed by atoms with Crippen LogP contribution in [-0.2, 0) is 16.1 Å². The average Bonchev–Trinajstić information content (AvgIpc) is 3.19. The van der Waals surface area contributed by atoms with Gasteiger partial charge in [0.2, 0.25) is 5.91 Å². The molecule has 0 radical (unpaired) electrons. The molecule has 1 unspecified atom stereocenters. The molecule has 2 saturated heterocycles. The Kier molecular flexibility index (Phi) is 10.7. The van der Waals surface area contributed by atoms with Gasteiger partial charge >= 0.3 is 6.09 Å². The minimum absolute atomic E-state index is 0. The zero-order valence-electron chi connectivity index (χ0n) is 21.6. The number of carbonyl (C=O) groups is 2. The Bertz CT molecular complexity index is 1030. The average molecular weight is 595 g/mol. The van der Waals surface area contributed by atoms with Gasteiger partial charge in [-0.2, -0.15) is 0 Å². The van der Waals surface area contributed by atoms with Crippen LogP contribution in [0.1, 0.15) is 49.8 Å². The number of alkyl carbamates (subject to hydrolysis) is 1. The second-order valence-corrected chi connectivity index (χ2v) is 10.6. The van der Waals surface area contributed by atoms with E-state index in [1.165, 1.54) is 5.56 Å². The molecular weight excluding hydrogens is 558 g/mol. The van der Waals surface area contributed by atoms with Crippen molar-refractivity contribution in [2.75, 3.05) is 39.9 Å². The first-order valence-electron chi connectivity index (χ1n) is 12.8. The highest BCUT2D eigenvalue weighted by molar-refractivity contribution is 9.10. The van der Waals surface area contributed by atoms with Crippen LogP contribution in [0, 0.1) is 5.41 Å². The smallest absolute Gasteiger partial charge is 0.407 e. The molecule has 0 aliphatic carbocycles. The quantitative estimate of drug-likeness (QED) is 0.411. The Morgan fingerprint density at radius 3 is 2.32 bits per heavy atom. The Hall–Kier alpha value is -2.29. The highest BCUT2D eigenvalue weighted by Crippen LogP contribution is 2.42. The predicted molar refractivity (Wildman–Crippen MR) is 150 cm³/mol. The zero-order chi connectivity index (χ0) is 25.5. The van der Waals surface area contributed by atoms with Crippen molar-refractivity contribution in [3.05, 3.63) is 64.1 Å². The minimum Gasteiger partial charge on any atom is -0.497 e. The Morgan fingerprint density at radius 1 is 1.05 bits per heavy atom. The lowest BCUT2D eigenvalue weighted by molar-refractivity contribution is -0.138. The molecule has 0 aromatic heterocycles. The van der Waals surface area contributed by atoms with Gasteiger partial charge in [0.05, 0.1) is 25.2 Å². The van der Waals surface area contributed by atoms with E-state index < -0.39 is 6.09 Å². The number of nitrogens with zero attached hydrogens (tertiary/aromatic N) is 2. The molecule has 2 amide bonds. The maximum Gasteiger partial charge on any atom is 0.407 e. The first-order valence-corrected chi connectivity index (χ1v) is 13.5. The van der Waals surface area contributed by atoms with E-state index in [0.717, 1.165) is 67.6 Å². The van der Waals surface area contributed by atoms with Crippen LogP contribution in [0.4, 0.5) is 4.79 Å². The molecule has 2 fully saturated rings. The van der Waals surface area contributed by atoms with Crippen molar-refractivity contribution < 1.29 is 19.1 Å². The van der Waals surface area contributed by atoms with Crippen LogP contribution in [0.2, 0.25) is 0 Å². The normalized spacial score (nSPS) is 17.8. The molecule has 2 heterocycles. The van der Waals surface area contributed by atoms with Crippen LogP contribution in [0.5, 0.6) is 5.75 Å². The molecule has 37 heavy (non-hydrogen) atoms. The summed E-state index contributed by atoms with van der Waals surface area (Å²) in [6.45, 7) is 6.28. The largest absolute Gasteiger partial charge is 0.497 e. The summed E-state index contributed by atoms with van der Waals surface area (Å²) >= 11 is 3.48. The van der Waals surface area contributed by atoms with Gasteiger partial charge in [-0.1, -0.05) is 40.2 Å². The lowest BCUT2D eigenvalue weighted by atomic mass is 9.77. The monoisotopic (exact) mass is 593 g/mol. The topological polar surface area (TPSA) is 71.1 Å². The van der Waals surface area contributed by atoms with Gasteiger partial charge in [-0.25, -0.2) is 4.79 Å². The van der Waals surface area contributed by atoms with E-state index in [1.54, 1.807) is 14.0 Å². The molecule has 4 rings (SSSR count). The van der Waals surface area contributed by atoms with Crippen LogP contribution in [0.15, 0.2) is 53.0 Å². The van der Waals surface area contributed by atoms with Gasteiger partial charge < -0.3 is 24.6 Å². The molecule has 1 N–H and O–H groups in total. The molecular formula is C28H37BrClN3O4. The third kappa shape index (κ3) is 7.39. The second-order valence-electron chi connectivity index (χ2n) is 9.70. The lowest BCUT2D eigenvalue weighted by Gasteiger charge is -2.38. The number of amides is 2. The summed E-state index contributed by atoms with van der Waals surface area (Å²) in [7, 11) is 1.64. The van der Waals surface area contributed by atoms with E-state index in [2.05, 4.69) is 38.3 Å². The van der Waals surface area contributed by atoms with Gasteiger partial charge in [-0.3, -0.25) is 4.79 Å². The summed E-state index contributed by atoms with van der Waals surface area (Å²) < 4.78 is 11.5. The molecule has 202 valence electrons. The van der Waals surface area contributed by atoms with Crippen molar-refractivity contribution in [1.82, 2.24) is 15.1 Å². The second kappa shape index (κ2) is 13.5. The number of nitrogens with one attached hydrogen (secondary N) is 1. The van der Waals surface area contributed by atoms with Crippen molar-refractivity contribution >= 4 is 40.3 Å². The number of halogens is 2. The maximum absolute atomic E-state index is 13.4. The number of piperidine rings is 1. The number of carbonyl (C=O) groups excluding carboxylic acids is 2. The van der Waals surface area contributed by atoms with Gasteiger partial charge in [-0.05, 0) is 81.1 Å². The summed E-state index contributed by atoms with van der Waals surface area (Å²) in [6.07, 6.45) is 3.08. The number of methoxy groups -OCH3 is 1. The van der Waals surface area contributed by atoms with E-state index in [-0.39, 0.29) is 23.9 Å². The summed E-state index contributed by atoms with van der Waals surface area (Å²) in [5, 5.41) is 3.01. The number of hydrogen-bond donors (Lipinski definition) is 1. The number of hydrogen-bond acceptors (Lipinski definition) is 5. The van der Waals surface area contributed by atoms with E-state index in [1.807, 2.05) is 41.3 Å². The molecule has 2 aromatic rings. The molecule has 0 saturated carbocycles. The molecule has 9 heteroatoms. The molecule has 7 nitrogen and oxygen atoms in total. The van der Waals surface area contributed by atoms with Crippen LogP contribution in [0.3, 0.4) is 0 Å². The van der Waals surface area contributed by atoms with E-state index >= 15 is 0 Å². The first-order chi connectivity index (χ1) is 17.4. The van der Waals surface area contributed by atoms with Gasteiger partial charge in [0.25, 0.3) is 0 Å². The van der Waals surface area contributed by atoms with Crippen molar-refractivity contribution in [2.45, 2.75) is 45.2 Å². The Labute approximate surface area is 234 Å².